The van der Waals surface area contributed by atoms with Crippen molar-refractivity contribution in [3.05, 3.63) is 29.8 Å². The second kappa shape index (κ2) is 8.65. The summed E-state index contributed by atoms with van der Waals surface area (Å²) in [5.41, 5.74) is 0.882. The number of nitrogens with one attached hydrogen (secondary N) is 2. The van der Waals surface area contributed by atoms with Crippen LogP contribution in [0.15, 0.2) is 24.3 Å². The van der Waals surface area contributed by atoms with Crippen molar-refractivity contribution in [2.75, 3.05) is 5.32 Å². The van der Waals surface area contributed by atoms with E-state index in [4.69, 9.17) is 0 Å². The van der Waals surface area contributed by atoms with Gasteiger partial charge in [-0.1, -0.05) is 39.2 Å². The van der Waals surface area contributed by atoms with E-state index in [1.807, 2.05) is 0 Å². The fourth-order valence-corrected chi connectivity index (χ4v) is 3.09. The van der Waals surface area contributed by atoms with Gasteiger partial charge in [-0.05, 0) is 37.0 Å². The highest BCUT2D eigenvalue weighted by Gasteiger charge is 2.24. The molecule has 136 valence electrons. The van der Waals surface area contributed by atoms with E-state index in [-0.39, 0.29) is 17.7 Å². The summed E-state index contributed by atoms with van der Waals surface area (Å²) in [5, 5.41) is 14.6. The van der Waals surface area contributed by atoms with Crippen LogP contribution in [-0.2, 0) is 9.59 Å². The molecular weight excluding hydrogens is 320 g/mol. The Hall–Kier alpha value is -2.37. The number of aliphatic carboxylic acids is 1. The van der Waals surface area contributed by atoms with E-state index < -0.39 is 17.9 Å². The van der Waals surface area contributed by atoms with Crippen LogP contribution >= 0.6 is 0 Å². The van der Waals surface area contributed by atoms with E-state index in [1.165, 1.54) is 6.42 Å². The van der Waals surface area contributed by atoms with Crippen LogP contribution in [-0.4, -0.2) is 28.9 Å². The van der Waals surface area contributed by atoms with E-state index in [9.17, 15) is 19.5 Å². The molecule has 0 bridgehead atoms. The largest absolute Gasteiger partial charge is 0.480 e. The average Bonchev–Trinajstić information content (AvgIpc) is 2.59. The molecule has 0 saturated heterocycles. The van der Waals surface area contributed by atoms with E-state index >= 15 is 0 Å². The zero-order chi connectivity index (χ0) is 18.4. The van der Waals surface area contributed by atoms with E-state index in [0.29, 0.717) is 11.3 Å². The molecule has 1 aromatic rings. The van der Waals surface area contributed by atoms with Crippen LogP contribution in [0.25, 0.3) is 0 Å². The second-order valence-electron chi connectivity index (χ2n) is 6.94. The fourth-order valence-electron chi connectivity index (χ4n) is 3.09. The van der Waals surface area contributed by atoms with Gasteiger partial charge < -0.3 is 15.7 Å². The molecule has 6 heteroatoms. The molecular formula is C19H26N2O4. The molecule has 0 radical (unpaired) electrons. The Morgan fingerprint density at radius 3 is 2.40 bits per heavy atom. The molecule has 0 aliphatic heterocycles. The van der Waals surface area contributed by atoms with Gasteiger partial charge in [-0.25, -0.2) is 4.79 Å². The van der Waals surface area contributed by atoms with Gasteiger partial charge in [0.2, 0.25) is 5.91 Å². The van der Waals surface area contributed by atoms with Gasteiger partial charge in [0.05, 0.1) is 0 Å². The van der Waals surface area contributed by atoms with E-state index in [2.05, 4.69) is 10.6 Å². The van der Waals surface area contributed by atoms with Crippen molar-refractivity contribution in [3.8, 4) is 0 Å². The fraction of sp³-hybridized carbons (Fsp3) is 0.526. The SMILES string of the molecule is CC(C)C(NC(=O)c1cccc(NC(=O)C2CCCCC2)c1)C(=O)O. The van der Waals surface area contributed by atoms with Crippen molar-refractivity contribution in [2.24, 2.45) is 11.8 Å². The minimum atomic E-state index is -1.06. The van der Waals surface area contributed by atoms with Crippen LogP contribution in [0.5, 0.6) is 0 Å². The number of rotatable bonds is 6. The topological polar surface area (TPSA) is 95.5 Å². The standard InChI is InChI=1S/C19H26N2O4/c1-12(2)16(19(24)25)21-18(23)14-9-6-10-15(11-14)20-17(22)13-7-4-3-5-8-13/h6,9-13,16H,3-5,7-8H2,1-2H3,(H,20,22)(H,21,23)(H,24,25). The zero-order valence-electron chi connectivity index (χ0n) is 14.7. The predicted octanol–water partition coefficient (Wildman–Crippen LogP) is 3.04. The number of carboxylic acids is 1. The molecule has 2 amide bonds. The number of carbonyl (C=O) groups excluding carboxylic acids is 2. The molecule has 0 aromatic heterocycles. The lowest BCUT2D eigenvalue weighted by molar-refractivity contribution is -0.140. The number of amides is 2. The van der Waals surface area contributed by atoms with Crippen molar-refractivity contribution in [3.63, 3.8) is 0 Å². The highest BCUT2D eigenvalue weighted by molar-refractivity contribution is 5.99. The molecule has 1 unspecified atom stereocenters. The zero-order valence-corrected chi connectivity index (χ0v) is 14.7. The molecule has 1 fully saturated rings. The third kappa shape index (κ3) is 5.31. The Kier molecular flexibility index (Phi) is 6.56. The summed E-state index contributed by atoms with van der Waals surface area (Å²) >= 11 is 0. The van der Waals surface area contributed by atoms with Gasteiger partial charge in [0.1, 0.15) is 6.04 Å². The minimum Gasteiger partial charge on any atom is -0.480 e. The van der Waals surface area contributed by atoms with Crippen LogP contribution in [0, 0.1) is 11.8 Å². The van der Waals surface area contributed by atoms with Crippen molar-refractivity contribution in [2.45, 2.75) is 52.0 Å². The predicted molar refractivity (Wildman–Crippen MR) is 95.4 cm³/mol. The summed E-state index contributed by atoms with van der Waals surface area (Å²) in [6.07, 6.45) is 5.14. The van der Waals surface area contributed by atoms with Gasteiger partial charge in [0.25, 0.3) is 5.91 Å². The third-order valence-electron chi connectivity index (χ3n) is 4.59. The molecule has 25 heavy (non-hydrogen) atoms. The maximum Gasteiger partial charge on any atom is 0.326 e. The summed E-state index contributed by atoms with van der Waals surface area (Å²) in [6, 6.07) is 5.64. The molecule has 1 saturated carbocycles. The number of hydrogen-bond acceptors (Lipinski definition) is 3. The lowest BCUT2D eigenvalue weighted by Gasteiger charge is -2.21. The Morgan fingerprint density at radius 2 is 1.80 bits per heavy atom. The minimum absolute atomic E-state index is 0.0112. The lowest BCUT2D eigenvalue weighted by Crippen LogP contribution is -2.44. The maximum atomic E-state index is 12.3. The Labute approximate surface area is 148 Å². The van der Waals surface area contributed by atoms with E-state index in [1.54, 1.807) is 38.1 Å². The summed E-state index contributed by atoms with van der Waals surface area (Å²) in [7, 11) is 0. The molecule has 6 nitrogen and oxygen atoms in total. The summed E-state index contributed by atoms with van der Waals surface area (Å²) in [5.74, 6) is -1.73. The molecule has 2 rings (SSSR count). The Morgan fingerprint density at radius 1 is 1.12 bits per heavy atom. The van der Waals surface area contributed by atoms with Crippen molar-refractivity contribution >= 4 is 23.5 Å². The summed E-state index contributed by atoms with van der Waals surface area (Å²) < 4.78 is 0. The number of hydrogen-bond donors (Lipinski definition) is 3. The first-order valence-electron chi connectivity index (χ1n) is 8.83. The average molecular weight is 346 g/mol. The van der Waals surface area contributed by atoms with Crippen molar-refractivity contribution < 1.29 is 19.5 Å². The third-order valence-corrected chi connectivity index (χ3v) is 4.59. The first kappa shape index (κ1) is 19.0. The Bertz CT molecular complexity index is 636. The number of carboxylic acid groups (broad SMARTS) is 1. The molecule has 1 aliphatic carbocycles. The molecule has 1 aromatic carbocycles. The molecule has 1 atom stereocenters. The molecule has 0 spiro atoms. The smallest absolute Gasteiger partial charge is 0.326 e. The maximum absolute atomic E-state index is 12.3. The quantitative estimate of drug-likeness (QED) is 0.738. The molecule has 1 aliphatic rings. The van der Waals surface area contributed by atoms with Gasteiger partial charge in [-0.15, -0.1) is 0 Å². The second-order valence-corrected chi connectivity index (χ2v) is 6.94. The monoisotopic (exact) mass is 346 g/mol. The van der Waals surface area contributed by atoms with Crippen LogP contribution in [0.2, 0.25) is 0 Å². The van der Waals surface area contributed by atoms with Gasteiger partial charge in [0.15, 0.2) is 0 Å². The molecule has 3 N–H and O–H groups in total. The van der Waals surface area contributed by atoms with Crippen molar-refractivity contribution in [1.82, 2.24) is 5.32 Å². The lowest BCUT2D eigenvalue weighted by atomic mass is 9.88. The Balaban J connectivity index is 2.03. The first-order valence-corrected chi connectivity index (χ1v) is 8.83. The highest BCUT2D eigenvalue weighted by atomic mass is 16.4. The van der Waals surface area contributed by atoms with Gasteiger partial charge in [0, 0.05) is 17.2 Å². The van der Waals surface area contributed by atoms with Crippen molar-refractivity contribution in [1.29, 1.82) is 0 Å². The van der Waals surface area contributed by atoms with Gasteiger partial charge in [-0.2, -0.15) is 0 Å². The summed E-state index contributed by atoms with van der Waals surface area (Å²) in [4.78, 5) is 35.9. The normalized spacial score (nSPS) is 16.3. The highest BCUT2D eigenvalue weighted by Crippen LogP contribution is 2.25. The van der Waals surface area contributed by atoms with Crippen LogP contribution < -0.4 is 10.6 Å². The molecule has 0 heterocycles. The number of carbonyl (C=O) groups is 3. The van der Waals surface area contributed by atoms with Crippen LogP contribution in [0.1, 0.15) is 56.3 Å². The van der Waals surface area contributed by atoms with Crippen LogP contribution in [0.3, 0.4) is 0 Å². The number of anilines is 1. The van der Waals surface area contributed by atoms with E-state index in [0.717, 1.165) is 25.7 Å². The van der Waals surface area contributed by atoms with Crippen LogP contribution in [0.4, 0.5) is 5.69 Å². The summed E-state index contributed by atoms with van der Waals surface area (Å²) in [6.45, 7) is 3.47. The first-order chi connectivity index (χ1) is 11.9. The van der Waals surface area contributed by atoms with Gasteiger partial charge in [-0.3, -0.25) is 9.59 Å². The number of benzene rings is 1. The van der Waals surface area contributed by atoms with Gasteiger partial charge >= 0.3 is 5.97 Å².